The highest BCUT2D eigenvalue weighted by Crippen LogP contribution is 2.32. The molecular weight excluding hydrogens is 398 g/mol. The van der Waals surface area contributed by atoms with E-state index >= 15 is 0 Å². The Morgan fingerprint density at radius 2 is 1.69 bits per heavy atom. The van der Waals surface area contributed by atoms with Crippen molar-refractivity contribution >= 4 is 21.8 Å². The summed E-state index contributed by atoms with van der Waals surface area (Å²) in [7, 11) is -2.65. The van der Waals surface area contributed by atoms with Crippen molar-refractivity contribution in [2.45, 2.75) is 18.2 Å². The Morgan fingerprint density at radius 1 is 1.03 bits per heavy atom. The van der Waals surface area contributed by atoms with Crippen molar-refractivity contribution in [1.29, 1.82) is 0 Å². The van der Waals surface area contributed by atoms with Gasteiger partial charge in [-0.3, -0.25) is 9.59 Å². The first-order valence-electron chi connectivity index (χ1n) is 8.95. The van der Waals surface area contributed by atoms with Crippen LogP contribution in [-0.4, -0.2) is 51.3 Å². The summed E-state index contributed by atoms with van der Waals surface area (Å²) in [4.78, 5) is 23.4. The van der Waals surface area contributed by atoms with Gasteiger partial charge in [0, 0.05) is 25.1 Å². The number of esters is 1. The van der Waals surface area contributed by atoms with Crippen LogP contribution >= 0.6 is 0 Å². The van der Waals surface area contributed by atoms with E-state index in [0.29, 0.717) is 36.7 Å². The first-order valence-corrected chi connectivity index (χ1v) is 10.4. The molecule has 0 radical (unpaired) electrons. The Bertz CT molecular complexity index is 1020. The van der Waals surface area contributed by atoms with Crippen molar-refractivity contribution in [3.05, 3.63) is 48.0 Å². The van der Waals surface area contributed by atoms with Crippen LogP contribution in [0.3, 0.4) is 0 Å². The minimum Gasteiger partial charge on any atom is -0.490 e. The first kappa shape index (κ1) is 20.8. The molecule has 154 valence electrons. The van der Waals surface area contributed by atoms with Gasteiger partial charge in [0.2, 0.25) is 10.0 Å². The van der Waals surface area contributed by atoms with Gasteiger partial charge >= 0.3 is 5.97 Å². The number of rotatable bonds is 6. The summed E-state index contributed by atoms with van der Waals surface area (Å²) in [6, 6.07) is 10.4. The molecular formula is C20H21NO7S. The molecule has 0 aromatic heterocycles. The maximum atomic E-state index is 12.8. The number of Topliss-reactive ketones (excluding diaryl/α,β-unsaturated/α-hetero) is 1. The van der Waals surface area contributed by atoms with Crippen LogP contribution in [0.2, 0.25) is 0 Å². The summed E-state index contributed by atoms with van der Waals surface area (Å²) in [5.74, 6) is 0.203. The van der Waals surface area contributed by atoms with E-state index in [1.54, 1.807) is 0 Å². The number of fused-ring (bicyclic) bond motifs is 1. The lowest BCUT2D eigenvalue weighted by Crippen LogP contribution is -2.34. The lowest BCUT2D eigenvalue weighted by Gasteiger charge is -2.17. The Balaban J connectivity index is 1.68. The molecule has 0 N–H and O–H groups in total. The number of hydrogen-bond donors (Lipinski definition) is 0. The van der Waals surface area contributed by atoms with Gasteiger partial charge in [-0.15, -0.1) is 0 Å². The Kier molecular flexibility index (Phi) is 6.19. The molecule has 0 saturated heterocycles. The molecule has 0 fully saturated rings. The summed E-state index contributed by atoms with van der Waals surface area (Å²) in [5, 5.41) is 0. The van der Waals surface area contributed by atoms with Crippen molar-refractivity contribution in [1.82, 2.24) is 4.31 Å². The zero-order chi connectivity index (χ0) is 21.0. The van der Waals surface area contributed by atoms with E-state index in [4.69, 9.17) is 14.2 Å². The van der Waals surface area contributed by atoms with Crippen LogP contribution in [-0.2, 0) is 14.8 Å². The molecule has 0 aliphatic carbocycles. The Morgan fingerprint density at radius 3 is 2.34 bits per heavy atom. The molecule has 3 rings (SSSR count). The standard InChI is InChI=1S/C20H21NO7S/c1-14(22)15-4-6-16(7-5-15)28-20(23)13-21(2)29(24,25)17-8-9-18-19(12-17)27-11-3-10-26-18/h4-9,12H,3,10-11,13H2,1-2H3. The highest BCUT2D eigenvalue weighted by atomic mass is 32.2. The fraction of sp³-hybridized carbons (Fsp3) is 0.300. The van der Waals surface area contributed by atoms with Gasteiger partial charge < -0.3 is 14.2 Å². The third kappa shape index (κ3) is 4.93. The van der Waals surface area contributed by atoms with Gasteiger partial charge in [0.15, 0.2) is 17.3 Å². The number of benzene rings is 2. The van der Waals surface area contributed by atoms with Gasteiger partial charge in [0.05, 0.1) is 18.1 Å². The predicted molar refractivity (Wildman–Crippen MR) is 104 cm³/mol. The molecule has 0 atom stereocenters. The third-order valence-corrected chi connectivity index (χ3v) is 6.07. The third-order valence-electron chi connectivity index (χ3n) is 4.27. The van der Waals surface area contributed by atoms with E-state index in [9.17, 15) is 18.0 Å². The van der Waals surface area contributed by atoms with E-state index in [0.717, 1.165) is 4.31 Å². The van der Waals surface area contributed by atoms with Gasteiger partial charge in [-0.1, -0.05) is 0 Å². The van der Waals surface area contributed by atoms with E-state index in [2.05, 4.69) is 0 Å². The minimum absolute atomic E-state index is 0.0112. The summed E-state index contributed by atoms with van der Waals surface area (Å²) in [6.45, 7) is 1.88. The van der Waals surface area contributed by atoms with E-state index in [-0.39, 0.29) is 16.4 Å². The summed E-state index contributed by atoms with van der Waals surface area (Å²) < 4.78 is 42.7. The smallest absolute Gasteiger partial charge is 0.326 e. The molecule has 1 aliphatic heterocycles. The first-order chi connectivity index (χ1) is 13.8. The molecule has 0 bridgehead atoms. The maximum absolute atomic E-state index is 12.8. The van der Waals surface area contributed by atoms with Crippen LogP contribution in [0.25, 0.3) is 0 Å². The fourth-order valence-electron chi connectivity index (χ4n) is 2.67. The van der Waals surface area contributed by atoms with Gasteiger partial charge in [-0.2, -0.15) is 4.31 Å². The fourth-order valence-corrected chi connectivity index (χ4v) is 3.80. The zero-order valence-corrected chi connectivity index (χ0v) is 16.9. The average molecular weight is 419 g/mol. The molecule has 2 aromatic carbocycles. The summed E-state index contributed by atoms with van der Waals surface area (Å²) in [6.07, 6.45) is 0.704. The van der Waals surface area contributed by atoms with Gasteiger partial charge in [0.1, 0.15) is 12.3 Å². The van der Waals surface area contributed by atoms with E-state index < -0.39 is 22.5 Å². The number of likely N-dealkylation sites (N-methyl/N-ethyl adjacent to an activating group) is 1. The normalized spacial score (nSPS) is 13.6. The summed E-state index contributed by atoms with van der Waals surface area (Å²) >= 11 is 0. The molecule has 0 unspecified atom stereocenters. The predicted octanol–water partition coefficient (Wildman–Crippen LogP) is 2.28. The number of sulfonamides is 1. The number of hydrogen-bond acceptors (Lipinski definition) is 7. The minimum atomic E-state index is -3.94. The molecule has 1 heterocycles. The molecule has 0 spiro atoms. The molecule has 9 heteroatoms. The number of nitrogens with zero attached hydrogens (tertiary/aromatic N) is 1. The van der Waals surface area contributed by atoms with Crippen molar-refractivity contribution in [3.63, 3.8) is 0 Å². The largest absolute Gasteiger partial charge is 0.490 e. The Labute approximate surface area is 169 Å². The van der Waals surface area contributed by atoms with Crippen molar-refractivity contribution in [2.75, 3.05) is 26.8 Å². The lowest BCUT2D eigenvalue weighted by atomic mass is 10.1. The molecule has 0 amide bonds. The maximum Gasteiger partial charge on any atom is 0.326 e. The van der Waals surface area contributed by atoms with Crippen LogP contribution in [0.5, 0.6) is 17.2 Å². The lowest BCUT2D eigenvalue weighted by molar-refractivity contribution is -0.134. The SMILES string of the molecule is CC(=O)c1ccc(OC(=O)CN(C)S(=O)(=O)c2ccc3c(c2)OCCCO3)cc1. The van der Waals surface area contributed by atoms with E-state index in [1.165, 1.54) is 56.4 Å². The number of carbonyl (C=O) groups excluding carboxylic acids is 2. The van der Waals surface area contributed by atoms with Crippen molar-refractivity contribution < 1.29 is 32.2 Å². The molecule has 0 saturated carbocycles. The second kappa shape index (κ2) is 8.62. The highest BCUT2D eigenvalue weighted by Gasteiger charge is 2.25. The van der Waals surface area contributed by atoms with Crippen LogP contribution < -0.4 is 14.2 Å². The summed E-state index contributed by atoms with van der Waals surface area (Å²) in [5.41, 5.74) is 0.485. The number of ketones is 1. The molecule has 2 aromatic rings. The van der Waals surface area contributed by atoms with Gasteiger partial charge in [-0.05, 0) is 43.3 Å². The monoisotopic (exact) mass is 419 g/mol. The Hall–Kier alpha value is -2.91. The topological polar surface area (TPSA) is 99.2 Å². The van der Waals surface area contributed by atoms with Crippen LogP contribution in [0.4, 0.5) is 0 Å². The van der Waals surface area contributed by atoms with Crippen molar-refractivity contribution in [2.24, 2.45) is 0 Å². The van der Waals surface area contributed by atoms with Crippen molar-refractivity contribution in [3.8, 4) is 17.2 Å². The molecule has 1 aliphatic rings. The highest BCUT2D eigenvalue weighted by molar-refractivity contribution is 7.89. The second-order valence-corrected chi connectivity index (χ2v) is 8.52. The molecule has 8 nitrogen and oxygen atoms in total. The molecule has 29 heavy (non-hydrogen) atoms. The second-order valence-electron chi connectivity index (χ2n) is 6.47. The number of carbonyl (C=O) groups is 2. The zero-order valence-electron chi connectivity index (χ0n) is 16.1. The van der Waals surface area contributed by atoms with E-state index in [1.807, 2.05) is 0 Å². The van der Waals surface area contributed by atoms with Gasteiger partial charge in [-0.25, -0.2) is 8.42 Å². The quantitative estimate of drug-likeness (QED) is 0.402. The van der Waals surface area contributed by atoms with Gasteiger partial charge in [0.25, 0.3) is 0 Å². The number of ether oxygens (including phenoxy) is 3. The van der Waals surface area contributed by atoms with Crippen LogP contribution in [0, 0.1) is 0 Å². The van der Waals surface area contributed by atoms with Crippen LogP contribution in [0.15, 0.2) is 47.4 Å². The van der Waals surface area contributed by atoms with Crippen LogP contribution in [0.1, 0.15) is 23.7 Å². The average Bonchev–Trinajstić information content (AvgIpc) is 2.93.